The van der Waals surface area contributed by atoms with E-state index in [2.05, 4.69) is 10.3 Å². The van der Waals surface area contributed by atoms with Crippen molar-refractivity contribution >= 4 is 23.2 Å². The van der Waals surface area contributed by atoms with Crippen LogP contribution in [0.3, 0.4) is 0 Å². The smallest absolute Gasteiger partial charge is 0.335 e. The fourth-order valence-corrected chi connectivity index (χ4v) is 3.08. The average molecular weight is 318 g/mol. The van der Waals surface area contributed by atoms with Gasteiger partial charge in [0.15, 0.2) is 0 Å². The molecule has 0 fully saturated rings. The van der Waals surface area contributed by atoms with Crippen LogP contribution in [-0.2, 0) is 17.8 Å². The van der Waals surface area contributed by atoms with E-state index in [-0.39, 0.29) is 17.9 Å². The van der Waals surface area contributed by atoms with E-state index in [1.54, 1.807) is 35.6 Å². The molecule has 22 heavy (non-hydrogen) atoms. The number of nitrogens with one attached hydrogen (secondary N) is 1. The number of thiazole rings is 1. The number of amides is 1. The number of aryl methyl sites for hydroxylation is 3. The van der Waals surface area contributed by atoms with Gasteiger partial charge in [-0.05, 0) is 31.9 Å². The second kappa shape index (κ2) is 7.17. The molecule has 0 aliphatic carbocycles. The van der Waals surface area contributed by atoms with Crippen LogP contribution in [0.4, 0.5) is 0 Å². The van der Waals surface area contributed by atoms with E-state index in [1.165, 1.54) is 0 Å². The van der Waals surface area contributed by atoms with Crippen molar-refractivity contribution in [2.45, 2.75) is 33.2 Å². The molecule has 2 rings (SSSR count). The molecule has 0 aliphatic heterocycles. The molecule has 5 nitrogen and oxygen atoms in total. The largest absolute Gasteiger partial charge is 0.478 e. The number of nitrogens with zero attached hydrogens (tertiary/aromatic N) is 1. The first-order valence-electron chi connectivity index (χ1n) is 6.98. The lowest BCUT2D eigenvalue weighted by molar-refractivity contribution is -0.121. The zero-order chi connectivity index (χ0) is 16.1. The van der Waals surface area contributed by atoms with Gasteiger partial charge in [0.1, 0.15) is 0 Å². The van der Waals surface area contributed by atoms with Crippen molar-refractivity contribution in [1.82, 2.24) is 10.3 Å². The van der Waals surface area contributed by atoms with Gasteiger partial charge < -0.3 is 10.4 Å². The fourth-order valence-electron chi connectivity index (χ4n) is 2.20. The monoisotopic (exact) mass is 318 g/mol. The summed E-state index contributed by atoms with van der Waals surface area (Å²) < 4.78 is 0. The maximum absolute atomic E-state index is 11.9. The molecule has 0 spiro atoms. The molecule has 6 heteroatoms. The molecule has 0 saturated heterocycles. The van der Waals surface area contributed by atoms with E-state index in [9.17, 15) is 9.59 Å². The fraction of sp³-hybridized carbons (Fsp3) is 0.312. The molecular weight excluding hydrogens is 300 g/mol. The molecule has 1 aromatic carbocycles. The van der Waals surface area contributed by atoms with Crippen LogP contribution in [0.2, 0.25) is 0 Å². The molecule has 1 heterocycles. The van der Waals surface area contributed by atoms with Gasteiger partial charge in [-0.25, -0.2) is 9.78 Å². The number of hydrogen-bond acceptors (Lipinski definition) is 4. The Balaban J connectivity index is 1.88. The van der Waals surface area contributed by atoms with E-state index in [4.69, 9.17) is 5.11 Å². The van der Waals surface area contributed by atoms with Crippen molar-refractivity contribution in [2.24, 2.45) is 0 Å². The molecule has 0 bridgehead atoms. The van der Waals surface area contributed by atoms with Crippen LogP contribution in [-0.4, -0.2) is 22.0 Å². The standard InChI is InChI=1S/C16H18N2O3S/c1-10-14(22-11(2)18-10)9-17-15(19)8-7-12-5-3-4-6-13(12)16(20)21/h3-6H,7-9H2,1-2H3,(H,17,19)(H,20,21). The summed E-state index contributed by atoms with van der Waals surface area (Å²) in [7, 11) is 0. The zero-order valence-corrected chi connectivity index (χ0v) is 13.4. The molecule has 2 aromatic rings. The van der Waals surface area contributed by atoms with Crippen molar-refractivity contribution in [1.29, 1.82) is 0 Å². The topological polar surface area (TPSA) is 79.3 Å². The Hall–Kier alpha value is -2.21. The first-order valence-corrected chi connectivity index (χ1v) is 7.80. The van der Waals surface area contributed by atoms with Gasteiger partial charge in [-0.2, -0.15) is 0 Å². The summed E-state index contributed by atoms with van der Waals surface area (Å²) in [6, 6.07) is 6.76. The minimum Gasteiger partial charge on any atom is -0.478 e. The van der Waals surface area contributed by atoms with Crippen molar-refractivity contribution in [3.63, 3.8) is 0 Å². The van der Waals surface area contributed by atoms with Crippen molar-refractivity contribution in [3.05, 3.63) is 51.0 Å². The summed E-state index contributed by atoms with van der Waals surface area (Å²) in [4.78, 5) is 28.4. The summed E-state index contributed by atoms with van der Waals surface area (Å²) in [5.74, 6) is -1.06. The summed E-state index contributed by atoms with van der Waals surface area (Å²) in [5.41, 5.74) is 1.87. The van der Waals surface area contributed by atoms with E-state index in [0.717, 1.165) is 15.6 Å². The number of benzene rings is 1. The molecule has 116 valence electrons. The maximum atomic E-state index is 11.9. The van der Waals surface area contributed by atoms with Crippen molar-refractivity contribution in [3.8, 4) is 0 Å². The van der Waals surface area contributed by atoms with Crippen LogP contribution in [0, 0.1) is 13.8 Å². The van der Waals surface area contributed by atoms with Gasteiger partial charge in [0, 0.05) is 11.3 Å². The van der Waals surface area contributed by atoms with Crippen LogP contribution < -0.4 is 5.32 Å². The number of carboxylic acid groups (broad SMARTS) is 1. The Bertz CT molecular complexity index is 694. The normalized spacial score (nSPS) is 10.5. The average Bonchev–Trinajstić information content (AvgIpc) is 2.81. The Morgan fingerprint density at radius 2 is 2.00 bits per heavy atom. The molecule has 0 radical (unpaired) electrons. The highest BCUT2D eigenvalue weighted by molar-refractivity contribution is 7.11. The Kier molecular flexibility index (Phi) is 5.27. The van der Waals surface area contributed by atoms with Crippen LogP contribution in [0.15, 0.2) is 24.3 Å². The molecular formula is C16H18N2O3S. The van der Waals surface area contributed by atoms with Gasteiger partial charge in [-0.15, -0.1) is 11.3 Å². The van der Waals surface area contributed by atoms with E-state index >= 15 is 0 Å². The Morgan fingerprint density at radius 3 is 2.64 bits per heavy atom. The number of carbonyl (C=O) groups is 2. The molecule has 1 aromatic heterocycles. The quantitative estimate of drug-likeness (QED) is 0.858. The summed E-state index contributed by atoms with van der Waals surface area (Å²) >= 11 is 1.57. The third-order valence-corrected chi connectivity index (χ3v) is 4.39. The van der Waals surface area contributed by atoms with E-state index in [1.807, 2.05) is 13.8 Å². The number of aromatic carboxylic acids is 1. The first-order chi connectivity index (χ1) is 10.5. The lowest BCUT2D eigenvalue weighted by atomic mass is 10.0. The predicted octanol–water partition coefficient (Wildman–Crippen LogP) is 2.71. The number of rotatable bonds is 6. The first kappa shape index (κ1) is 16.2. The lowest BCUT2D eigenvalue weighted by Crippen LogP contribution is -2.23. The third-order valence-electron chi connectivity index (χ3n) is 3.31. The number of aromatic nitrogens is 1. The molecule has 1 amide bonds. The molecule has 0 aliphatic rings. The van der Waals surface area contributed by atoms with Crippen LogP contribution in [0.5, 0.6) is 0 Å². The van der Waals surface area contributed by atoms with Gasteiger partial charge in [0.25, 0.3) is 0 Å². The predicted molar refractivity (Wildman–Crippen MR) is 85.2 cm³/mol. The van der Waals surface area contributed by atoms with E-state index < -0.39 is 5.97 Å². The summed E-state index contributed by atoms with van der Waals surface area (Å²) in [6.45, 7) is 4.33. The Morgan fingerprint density at radius 1 is 1.27 bits per heavy atom. The molecule has 0 saturated carbocycles. The maximum Gasteiger partial charge on any atom is 0.335 e. The van der Waals surface area contributed by atoms with Gasteiger partial charge in [-0.1, -0.05) is 18.2 Å². The van der Waals surface area contributed by atoms with Crippen LogP contribution >= 0.6 is 11.3 Å². The second-order valence-electron chi connectivity index (χ2n) is 4.98. The highest BCUT2D eigenvalue weighted by atomic mass is 32.1. The van der Waals surface area contributed by atoms with Gasteiger partial charge in [0.05, 0.1) is 22.8 Å². The number of hydrogen-bond donors (Lipinski definition) is 2. The minimum atomic E-state index is -0.966. The van der Waals surface area contributed by atoms with Crippen LogP contribution in [0.1, 0.15) is 37.9 Å². The minimum absolute atomic E-state index is 0.0920. The van der Waals surface area contributed by atoms with Crippen molar-refractivity contribution in [2.75, 3.05) is 0 Å². The molecule has 2 N–H and O–H groups in total. The SMILES string of the molecule is Cc1nc(C)c(CNC(=O)CCc2ccccc2C(=O)O)s1. The summed E-state index contributed by atoms with van der Waals surface area (Å²) in [6.07, 6.45) is 0.677. The molecule has 0 atom stereocenters. The van der Waals surface area contributed by atoms with Gasteiger partial charge in [-0.3, -0.25) is 4.79 Å². The summed E-state index contributed by atoms with van der Waals surface area (Å²) in [5, 5.41) is 12.9. The second-order valence-corrected chi connectivity index (χ2v) is 6.27. The van der Waals surface area contributed by atoms with E-state index in [0.29, 0.717) is 18.5 Å². The lowest BCUT2D eigenvalue weighted by Gasteiger charge is -2.07. The molecule has 0 unspecified atom stereocenters. The number of carbonyl (C=O) groups excluding carboxylic acids is 1. The zero-order valence-electron chi connectivity index (χ0n) is 12.5. The van der Waals surface area contributed by atoms with Crippen LogP contribution in [0.25, 0.3) is 0 Å². The van der Waals surface area contributed by atoms with Gasteiger partial charge >= 0.3 is 5.97 Å². The Labute approximate surface area is 133 Å². The number of carboxylic acids is 1. The highest BCUT2D eigenvalue weighted by Crippen LogP contribution is 2.16. The van der Waals surface area contributed by atoms with Crippen molar-refractivity contribution < 1.29 is 14.7 Å². The van der Waals surface area contributed by atoms with Gasteiger partial charge in [0.2, 0.25) is 5.91 Å². The highest BCUT2D eigenvalue weighted by Gasteiger charge is 2.11. The third kappa shape index (κ3) is 4.14.